The lowest BCUT2D eigenvalue weighted by Crippen LogP contribution is -2.41. The summed E-state index contributed by atoms with van der Waals surface area (Å²) in [5.41, 5.74) is 1.27. The summed E-state index contributed by atoms with van der Waals surface area (Å²) in [4.78, 5) is 24.1. The fourth-order valence-electron chi connectivity index (χ4n) is 5.33. The van der Waals surface area contributed by atoms with E-state index in [1.807, 2.05) is 0 Å². The Morgan fingerprint density at radius 2 is 2.10 bits per heavy atom. The van der Waals surface area contributed by atoms with Gasteiger partial charge in [0.15, 0.2) is 0 Å². The predicted molar refractivity (Wildman–Crippen MR) is 112 cm³/mol. The Balaban J connectivity index is 1.44. The van der Waals surface area contributed by atoms with E-state index in [1.165, 1.54) is 6.42 Å². The summed E-state index contributed by atoms with van der Waals surface area (Å²) in [6, 6.07) is 2.02. The Bertz CT molecular complexity index is 962. The molecule has 3 aliphatic rings. The zero-order chi connectivity index (χ0) is 20.7. The van der Waals surface area contributed by atoms with Crippen LogP contribution >= 0.6 is 11.6 Å². The molecule has 2 fully saturated rings. The molecule has 0 bridgehead atoms. The fourth-order valence-corrected chi connectivity index (χ4v) is 5.50. The number of carbonyl (C=O) groups excluding carboxylic acids is 1. The second-order valence-electron chi connectivity index (χ2n) is 8.84. The van der Waals surface area contributed by atoms with Gasteiger partial charge in [-0.1, -0.05) is 23.2 Å². The second kappa shape index (κ2) is 7.93. The lowest BCUT2D eigenvalue weighted by atomic mass is 9.64. The highest BCUT2D eigenvalue weighted by Crippen LogP contribution is 2.47. The van der Waals surface area contributed by atoms with Crippen LogP contribution in [0.2, 0.25) is 5.15 Å². The molecule has 160 valence electrons. The van der Waals surface area contributed by atoms with Gasteiger partial charge in [-0.2, -0.15) is 4.98 Å². The first-order valence-electron chi connectivity index (χ1n) is 11.0. The lowest BCUT2D eigenvalue weighted by molar-refractivity contribution is -0.127. The molecule has 30 heavy (non-hydrogen) atoms. The molecule has 7 nitrogen and oxygen atoms in total. The Hall–Kier alpha value is -1.99. The number of likely N-dealkylation sites (tertiary alicyclic amines) is 1. The number of Topliss-reactive ketones (excluding diaryl/α,β-unsaturated/α-hetero) is 1. The maximum absolute atomic E-state index is 12.9. The highest BCUT2D eigenvalue weighted by atomic mass is 35.5. The topological polar surface area (TPSA) is 81.4 Å². The zero-order valence-electron chi connectivity index (χ0n) is 17.3. The minimum Gasteiger partial charge on any atom is -0.476 e. The molecular formula is C22H27ClN4O3. The van der Waals surface area contributed by atoms with Crippen molar-refractivity contribution in [3.63, 3.8) is 0 Å². The predicted octanol–water partition coefficient (Wildman–Crippen LogP) is 3.98. The van der Waals surface area contributed by atoms with Crippen molar-refractivity contribution in [2.24, 2.45) is 0 Å². The first-order chi connectivity index (χ1) is 14.6. The molecule has 0 radical (unpaired) electrons. The van der Waals surface area contributed by atoms with E-state index in [9.17, 15) is 4.79 Å². The molecule has 1 saturated heterocycles. The van der Waals surface area contributed by atoms with Crippen molar-refractivity contribution in [3.05, 3.63) is 22.5 Å². The van der Waals surface area contributed by atoms with Crippen molar-refractivity contribution in [2.45, 2.75) is 69.2 Å². The number of aromatic nitrogens is 3. The summed E-state index contributed by atoms with van der Waals surface area (Å²) in [5.74, 6) is 1.64. The van der Waals surface area contributed by atoms with Crippen molar-refractivity contribution >= 4 is 17.4 Å². The Morgan fingerprint density at radius 1 is 1.23 bits per heavy atom. The summed E-state index contributed by atoms with van der Waals surface area (Å²) in [7, 11) is 2.11. The van der Waals surface area contributed by atoms with Gasteiger partial charge in [-0.25, -0.2) is 4.98 Å². The monoisotopic (exact) mass is 430 g/mol. The van der Waals surface area contributed by atoms with Gasteiger partial charge in [0.25, 0.3) is 0 Å². The summed E-state index contributed by atoms with van der Waals surface area (Å²) < 4.78 is 11.7. The first-order valence-corrected chi connectivity index (χ1v) is 11.3. The number of carbonyl (C=O) groups is 1. The number of likely N-dealkylation sites (N-methyl/N-ethyl adjacent to an activating group) is 1. The zero-order valence-corrected chi connectivity index (χ0v) is 18.1. The Labute approximate surface area is 181 Å². The molecular weight excluding hydrogens is 404 g/mol. The minimum atomic E-state index is -0.488. The number of halogens is 1. The number of hydrogen-bond donors (Lipinski definition) is 0. The Kier molecular flexibility index (Phi) is 5.27. The number of ketones is 1. The van der Waals surface area contributed by atoms with Gasteiger partial charge in [0.2, 0.25) is 17.5 Å². The van der Waals surface area contributed by atoms with Crippen molar-refractivity contribution in [1.82, 2.24) is 20.0 Å². The average Bonchev–Trinajstić information content (AvgIpc) is 3.35. The average molecular weight is 431 g/mol. The van der Waals surface area contributed by atoms with E-state index < -0.39 is 5.41 Å². The second-order valence-corrected chi connectivity index (χ2v) is 9.23. The van der Waals surface area contributed by atoms with Crippen LogP contribution in [-0.2, 0) is 16.6 Å². The number of rotatable bonds is 4. The van der Waals surface area contributed by atoms with E-state index in [-0.39, 0.29) is 0 Å². The van der Waals surface area contributed by atoms with Crippen LogP contribution in [0.5, 0.6) is 5.88 Å². The van der Waals surface area contributed by atoms with E-state index in [0.29, 0.717) is 47.5 Å². The van der Waals surface area contributed by atoms with Gasteiger partial charge in [-0.15, -0.1) is 0 Å². The molecule has 2 atom stereocenters. The van der Waals surface area contributed by atoms with Crippen LogP contribution < -0.4 is 4.74 Å². The lowest BCUT2D eigenvalue weighted by Gasteiger charge is -2.37. The van der Waals surface area contributed by atoms with Crippen molar-refractivity contribution in [2.75, 3.05) is 20.2 Å². The summed E-state index contributed by atoms with van der Waals surface area (Å²) in [5, 5.41) is 4.68. The molecule has 1 spiro atoms. The smallest absolute Gasteiger partial charge is 0.218 e. The standard InChI is InChI=1S/C22H27ClN4O3/c1-27-11-5-6-14(27)13-29-18-12-17(23)24-21(25-18)19-15-7-4-10-22(20(15)26-30-19)9-3-2-8-16(22)28/h12,14H,2-11,13H2,1H3/t14-,22+/m0/s1. The third-order valence-corrected chi connectivity index (χ3v) is 7.23. The van der Waals surface area contributed by atoms with Gasteiger partial charge < -0.3 is 14.2 Å². The van der Waals surface area contributed by atoms with E-state index in [0.717, 1.165) is 62.7 Å². The number of ether oxygens (including phenoxy) is 1. The molecule has 0 N–H and O–H groups in total. The number of nitrogens with zero attached hydrogens (tertiary/aromatic N) is 4. The van der Waals surface area contributed by atoms with Crippen LogP contribution in [0, 0.1) is 0 Å². The van der Waals surface area contributed by atoms with E-state index in [2.05, 4.69) is 27.1 Å². The number of hydrogen-bond acceptors (Lipinski definition) is 7. The van der Waals surface area contributed by atoms with E-state index >= 15 is 0 Å². The summed E-state index contributed by atoms with van der Waals surface area (Å²) in [6.45, 7) is 1.66. The van der Waals surface area contributed by atoms with Crippen LogP contribution in [0.25, 0.3) is 11.6 Å². The van der Waals surface area contributed by atoms with Crippen molar-refractivity contribution < 1.29 is 14.1 Å². The van der Waals surface area contributed by atoms with E-state index in [1.54, 1.807) is 6.07 Å². The van der Waals surface area contributed by atoms with Crippen LogP contribution in [0.3, 0.4) is 0 Å². The van der Waals surface area contributed by atoms with Crippen LogP contribution in [0.15, 0.2) is 10.6 Å². The third-order valence-electron chi connectivity index (χ3n) is 7.03. The molecule has 1 aliphatic heterocycles. The summed E-state index contributed by atoms with van der Waals surface area (Å²) >= 11 is 6.28. The van der Waals surface area contributed by atoms with Crippen molar-refractivity contribution in [3.8, 4) is 17.5 Å². The maximum atomic E-state index is 12.9. The van der Waals surface area contributed by atoms with Gasteiger partial charge in [0.1, 0.15) is 23.2 Å². The first kappa shape index (κ1) is 19.9. The van der Waals surface area contributed by atoms with Gasteiger partial charge in [0, 0.05) is 24.1 Å². The largest absolute Gasteiger partial charge is 0.476 e. The highest BCUT2D eigenvalue weighted by Gasteiger charge is 2.47. The molecule has 1 saturated carbocycles. The molecule has 5 rings (SSSR count). The molecule has 8 heteroatoms. The molecule has 3 heterocycles. The van der Waals surface area contributed by atoms with Gasteiger partial charge in [0.05, 0.1) is 5.41 Å². The Morgan fingerprint density at radius 3 is 2.90 bits per heavy atom. The third kappa shape index (κ3) is 3.42. The van der Waals surface area contributed by atoms with Gasteiger partial charge in [-0.3, -0.25) is 4.79 Å². The number of fused-ring (bicyclic) bond motifs is 2. The minimum absolute atomic E-state index is 0.297. The molecule has 0 unspecified atom stereocenters. The van der Waals surface area contributed by atoms with Crippen molar-refractivity contribution in [1.29, 1.82) is 0 Å². The molecule has 2 aromatic rings. The molecule has 0 amide bonds. The highest BCUT2D eigenvalue weighted by molar-refractivity contribution is 6.29. The maximum Gasteiger partial charge on any atom is 0.218 e. The van der Waals surface area contributed by atoms with Gasteiger partial charge in [-0.05, 0) is 58.5 Å². The quantitative estimate of drug-likeness (QED) is 0.678. The molecule has 2 aliphatic carbocycles. The van der Waals surface area contributed by atoms with Gasteiger partial charge >= 0.3 is 0 Å². The normalized spacial score (nSPS) is 26.9. The summed E-state index contributed by atoms with van der Waals surface area (Å²) in [6.07, 6.45) is 8.40. The van der Waals surface area contributed by atoms with Crippen LogP contribution in [-0.4, -0.2) is 52.0 Å². The fraction of sp³-hybridized carbons (Fsp3) is 0.636. The van der Waals surface area contributed by atoms with Crippen LogP contribution in [0.1, 0.15) is 62.6 Å². The SMILES string of the molecule is CN1CCC[C@H]1COc1cc(Cl)nc(-c2onc3c2CCC[C@@]32CCCCC2=O)n1. The molecule has 2 aromatic heterocycles. The van der Waals surface area contributed by atoms with E-state index in [4.69, 9.17) is 20.9 Å². The van der Waals surface area contributed by atoms with Crippen LogP contribution in [0.4, 0.5) is 0 Å². The molecule has 0 aromatic carbocycles.